The number of benzene rings is 2. The Morgan fingerprint density at radius 2 is 1.54 bits per heavy atom. The van der Waals surface area contributed by atoms with Gasteiger partial charge in [0.15, 0.2) is 0 Å². The summed E-state index contributed by atoms with van der Waals surface area (Å²) >= 11 is 0. The third kappa shape index (κ3) is 5.06. The highest BCUT2D eigenvalue weighted by Gasteiger charge is 2.33. The summed E-state index contributed by atoms with van der Waals surface area (Å²) in [5.74, 6) is -1.04. The van der Waals surface area contributed by atoms with Gasteiger partial charge >= 0.3 is 6.18 Å². The van der Waals surface area contributed by atoms with E-state index in [9.17, 15) is 22.8 Å². The van der Waals surface area contributed by atoms with Gasteiger partial charge in [-0.1, -0.05) is 12.1 Å². The molecular formula is C18H17F3N2O3. The topological polar surface area (TPSA) is 67.4 Å². The van der Waals surface area contributed by atoms with Crippen LogP contribution in [0, 0.1) is 0 Å². The SMILES string of the molecule is COCCNC(=O)c1ccc(C(=O)Nc2ccccc2C(F)(F)F)cc1. The van der Waals surface area contributed by atoms with Gasteiger partial charge in [0.05, 0.1) is 17.9 Å². The van der Waals surface area contributed by atoms with Crippen molar-refractivity contribution in [1.82, 2.24) is 5.32 Å². The number of alkyl halides is 3. The molecule has 2 aromatic rings. The second kappa shape index (κ2) is 8.48. The molecule has 0 aliphatic rings. The number of rotatable bonds is 6. The van der Waals surface area contributed by atoms with Gasteiger partial charge in [-0.2, -0.15) is 13.2 Å². The predicted octanol–water partition coefficient (Wildman–Crippen LogP) is 3.33. The molecule has 0 aliphatic carbocycles. The molecule has 26 heavy (non-hydrogen) atoms. The number of hydrogen-bond acceptors (Lipinski definition) is 3. The van der Waals surface area contributed by atoms with Crippen molar-refractivity contribution in [3.63, 3.8) is 0 Å². The number of carbonyl (C=O) groups is 2. The minimum Gasteiger partial charge on any atom is -0.383 e. The van der Waals surface area contributed by atoms with Crippen LogP contribution in [0.1, 0.15) is 26.3 Å². The first-order valence-electron chi connectivity index (χ1n) is 7.67. The molecule has 0 aliphatic heterocycles. The summed E-state index contributed by atoms with van der Waals surface area (Å²) < 4.78 is 43.7. The van der Waals surface area contributed by atoms with Crippen molar-refractivity contribution in [2.24, 2.45) is 0 Å². The molecule has 2 amide bonds. The van der Waals surface area contributed by atoms with Gasteiger partial charge in [0.1, 0.15) is 0 Å². The fraction of sp³-hybridized carbons (Fsp3) is 0.222. The average Bonchev–Trinajstić information content (AvgIpc) is 2.61. The quantitative estimate of drug-likeness (QED) is 0.771. The van der Waals surface area contributed by atoms with Crippen LogP contribution in [0.4, 0.5) is 18.9 Å². The molecule has 138 valence electrons. The zero-order valence-corrected chi connectivity index (χ0v) is 13.9. The average molecular weight is 366 g/mol. The molecular weight excluding hydrogens is 349 g/mol. The maximum Gasteiger partial charge on any atom is 0.418 e. The Morgan fingerprint density at radius 3 is 2.12 bits per heavy atom. The highest BCUT2D eigenvalue weighted by Crippen LogP contribution is 2.34. The summed E-state index contributed by atoms with van der Waals surface area (Å²) in [4.78, 5) is 24.0. The first-order valence-corrected chi connectivity index (χ1v) is 7.67. The third-order valence-corrected chi connectivity index (χ3v) is 3.48. The molecule has 0 spiro atoms. The number of nitrogens with one attached hydrogen (secondary N) is 2. The lowest BCUT2D eigenvalue weighted by molar-refractivity contribution is -0.136. The molecule has 5 nitrogen and oxygen atoms in total. The number of para-hydroxylation sites is 1. The summed E-state index contributed by atoms with van der Waals surface area (Å²) in [5.41, 5.74) is -0.794. The molecule has 2 aromatic carbocycles. The number of anilines is 1. The van der Waals surface area contributed by atoms with Gasteiger partial charge in [-0.05, 0) is 36.4 Å². The van der Waals surface area contributed by atoms with Crippen LogP contribution in [0.15, 0.2) is 48.5 Å². The maximum absolute atomic E-state index is 13.0. The van der Waals surface area contributed by atoms with Crippen molar-refractivity contribution in [3.8, 4) is 0 Å². The van der Waals surface area contributed by atoms with E-state index in [4.69, 9.17) is 4.74 Å². The summed E-state index contributed by atoms with van der Waals surface area (Å²) in [5, 5.41) is 4.87. The van der Waals surface area contributed by atoms with Crippen molar-refractivity contribution < 1.29 is 27.5 Å². The van der Waals surface area contributed by atoms with E-state index in [-0.39, 0.29) is 17.2 Å². The molecule has 0 unspecified atom stereocenters. The smallest absolute Gasteiger partial charge is 0.383 e. The highest BCUT2D eigenvalue weighted by molar-refractivity contribution is 6.05. The molecule has 0 saturated carbocycles. The lowest BCUT2D eigenvalue weighted by Gasteiger charge is -2.13. The number of ether oxygens (including phenoxy) is 1. The van der Waals surface area contributed by atoms with E-state index in [1.807, 2.05) is 0 Å². The van der Waals surface area contributed by atoms with E-state index < -0.39 is 17.6 Å². The van der Waals surface area contributed by atoms with E-state index in [2.05, 4.69) is 10.6 Å². The van der Waals surface area contributed by atoms with Crippen molar-refractivity contribution in [2.75, 3.05) is 25.6 Å². The predicted molar refractivity (Wildman–Crippen MR) is 90.0 cm³/mol. The largest absolute Gasteiger partial charge is 0.418 e. The van der Waals surface area contributed by atoms with E-state index in [0.717, 1.165) is 6.07 Å². The number of halogens is 3. The van der Waals surface area contributed by atoms with E-state index in [1.165, 1.54) is 49.6 Å². The maximum atomic E-state index is 13.0. The normalized spacial score (nSPS) is 11.1. The number of carbonyl (C=O) groups excluding carboxylic acids is 2. The van der Waals surface area contributed by atoms with Gasteiger partial charge < -0.3 is 15.4 Å². The first kappa shape index (κ1) is 19.5. The van der Waals surface area contributed by atoms with Gasteiger partial charge in [-0.15, -0.1) is 0 Å². The number of hydrogen-bond donors (Lipinski definition) is 2. The van der Waals surface area contributed by atoms with E-state index in [0.29, 0.717) is 18.7 Å². The van der Waals surface area contributed by atoms with Crippen LogP contribution in [0.25, 0.3) is 0 Å². The van der Waals surface area contributed by atoms with Gasteiger partial charge in [0.2, 0.25) is 0 Å². The van der Waals surface area contributed by atoms with Gasteiger partial charge in [0.25, 0.3) is 11.8 Å². The molecule has 0 fully saturated rings. The second-order valence-corrected chi connectivity index (χ2v) is 5.32. The Labute approximate surface area is 148 Å². The fourth-order valence-electron chi connectivity index (χ4n) is 2.18. The van der Waals surface area contributed by atoms with Crippen molar-refractivity contribution in [2.45, 2.75) is 6.18 Å². The Balaban J connectivity index is 2.08. The molecule has 0 atom stereocenters. The second-order valence-electron chi connectivity index (χ2n) is 5.32. The van der Waals surface area contributed by atoms with E-state index >= 15 is 0 Å². The minimum absolute atomic E-state index is 0.135. The Hall–Kier alpha value is -2.87. The molecule has 2 N–H and O–H groups in total. The molecule has 0 aromatic heterocycles. The van der Waals surface area contributed by atoms with Gasteiger partial charge in [-0.25, -0.2) is 0 Å². The summed E-state index contributed by atoms with van der Waals surface area (Å²) in [6, 6.07) is 10.3. The molecule has 0 saturated heterocycles. The van der Waals surface area contributed by atoms with Crippen molar-refractivity contribution >= 4 is 17.5 Å². The van der Waals surface area contributed by atoms with Gasteiger partial charge in [-0.3, -0.25) is 9.59 Å². The fourth-order valence-corrected chi connectivity index (χ4v) is 2.18. The third-order valence-electron chi connectivity index (χ3n) is 3.48. The molecule has 2 rings (SSSR count). The van der Waals surface area contributed by atoms with Gasteiger partial charge in [0, 0.05) is 24.8 Å². The minimum atomic E-state index is -4.58. The highest BCUT2D eigenvalue weighted by atomic mass is 19.4. The molecule has 0 bridgehead atoms. The zero-order chi connectivity index (χ0) is 19.2. The van der Waals surface area contributed by atoms with Crippen LogP contribution >= 0.6 is 0 Å². The summed E-state index contributed by atoms with van der Waals surface area (Å²) in [6.07, 6.45) is -4.58. The molecule has 8 heteroatoms. The number of methoxy groups -OCH3 is 1. The van der Waals surface area contributed by atoms with Crippen molar-refractivity contribution in [1.29, 1.82) is 0 Å². The first-order chi connectivity index (χ1) is 12.3. The number of amides is 2. The standard InChI is InChI=1S/C18H17F3N2O3/c1-26-11-10-22-16(24)12-6-8-13(9-7-12)17(25)23-15-5-3-2-4-14(15)18(19,20)21/h2-9H,10-11H2,1H3,(H,22,24)(H,23,25). The van der Waals surface area contributed by atoms with Crippen LogP contribution in [-0.2, 0) is 10.9 Å². The van der Waals surface area contributed by atoms with Crippen LogP contribution in [0.5, 0.6) is 0 Å². The Morgan fingerprint density at radius 1 is 0.962 bits per heavy atom. The van der Waals surface area contributed by atoms with E-state index in [1.54, 1.807) is 0 Å². The van der Waals surface area contributed by atoms with Crippen molar-refractivity contribution in [3.05, 3.63) is 65.2 Å². The summed E-state index contributed by atoms with van der Waals surface area (Å²) in [6.45, 7) is 0.705. The monoisotopic (exact) mass is 366 g/mol. The lowest BCUT2D eigenvalue weighted by atomic mass is 10.1. The lowest BCUT2D eigenvalue weighted by Crippen LogP contribution is -2.27. The van der Waals surface area contributed by atoms with Crippen LogP contribution in [-0.4, -0.2) is 32.1 Å². The summed E-state index contributed by atoms with van der Waals surface area (Å²) in [7, 11) is 1.51. The molecule has 0 heterocycles. The Bertz CT molecular complexity index is 774. The van der Waals surface area contributed by atoms with Crippen LogP contribution in [0.3, 0.4) is 0 Å². The zero-order valence-electron chi connectivity index (χ0n) is 13.9. The molecule has 0 radical (unpaired) electrons. The van der Waals surface area contributed by atoms with Crippen LogP contribution < -0.4 is 10.6 Å². The Kier molecular flexibility index (Phi) is 6.35. The van der Waals surface area contributed by atoms with Crippen LogP contribution in [0.2, 0.25) is 0 Å².